The number of halogens is 1. The van der Waals surface area contributed by atoms with Crippen LogP contribution in [0.2, 0.25) is 0 Å². The minimum absolute atomic E-state index is 0.166. The lowest BCUT2D eigenvalue weighted by Crippen LogP contribution is -2.29. The molecule has 0 spiro atoms. The smallest absolute Gasteiger partial charge is 0.340 e. The second kappa shape index (κ2) is 6.07. The molecule has 0 radical (unpaired) electrons. The molecule has 0 aliphatic carbocycles. The third-order valence-corrected chi connectivity index (χ3v) is 3.82. The van der Waals surface area contributed by atoms with E-state index in [2.05, 4.69) is 4.74 Å². The van der Waals surface area contributed by atoms with E-state index in [-0.39, 0.29) is 23.0 Å². The van der Waals surface area contributed by atoms with Crippen LogP contribution in [0.3, 0.4) is 0 Å². The van der Waals surface area contributed by atoms with Gasteiger partial charge in [-0.3, -0.25) is 10.1 Å². The molecule has 0 bridgehead atoms. The van der Waals surface area contributed by atoms with E-state index >= 15 is 0 Å². The molecule has 1 atom stereocenters. The summed E-state index contributed by atoms with van der Waals surface area (Å²) >= 11 is 0. The number of benzene rings is 1. The number of anilines is 1. The minimum atomic E-state index is -0.940. The van der Waals surface area contributed by atoms with Gasteiger partial charge in [0.25, 0.3) is 5.69 Å². The van der Waals surface area contributed by atoms with E-state index in [4.69, 9.17) is 0 Å². The second-order valence-corrected chi connectivity index (χ2v) is 4.97. The maximum Gasteiger partial charge on any atom is 0.340 e. The fourth-order valence-corrected chi connectivity index (χ4v) is 2.77. The molecule has 0 amide bonds. The highest BCUT2D eigenvalue weighted by Crippen LogP contribution is 2.36. The molecule has 6 nitrogen and oxygen atoms in total. The highest BCUT2D eigenvalue weighted by molar-refractivity contribution is 5.92. The number of hydrogen-bond donors (Lipinski definition) is 0. The lowest BCUT2D eigenvalue weighted by molar-refractivity contribution is -0.384. The maximum atomic E-state index is 13.9. The highest BCUT2D eigenvalue weighted by atomic mass is 19.1. The Balaban J connectivity index is 2.55. The Morgan fingerprint density at radius 1 is 1.57 bits per heavy atom. The number of hydrogen-bond acceptors (Lipinski definition) is 5. The van der Waals surface area contributed by atoms with Gasteiger partial charge in [-0.15, -0.1) is 0 Å². The Labute approximate surface area is 121 Å². The van der Waals surface area contributed by atoms with Crippen molar-refractivity contribution < 1.29 is 18.8 Å². The van der Waals surface area contributed by atoms with E-state index in [1.54, 1.807) is 0 Å². The van der Waals surface area contributed by atoms with Gasteiger partial charge in [-0.2, -0.15) is 0 Å². The molecule has 1 unspecified atom stereocenters. The monoisotopic (exact) mass is 296 g/mol. The molecule has 0 aromatic heterocycles. The van der Waals surface area contributed by atoms with Gasteiger partial charge in [0, 0.05) is 12.6 Å². The molecule has 1 fully saturated rings. The Kier molecular flexibility index (Phi) is 4.40. The second-order valence-electron chi connectivity index (χ2n) is 4.97. The number of nitro groups is 1. The van der Waals surface area contributed by atoms with E-state index in [1.165, 1.54) is 6.07 Å². The standard InChI is InChI=1S/C14H17FN2O4/c1-3-9-5-4-6-16(9)12-7-10(14(18)21-2)11(15)8-13(12)17(19)20/h7-9H,3-6H2,1-2H3. The van der Waals surface area contributed by atoms with Crippen LogP contribution in [0, 0.1) is 15.9 Å². The number of carbonyl (C=O) groups excluding carboxylic acids is 1. The van der Waals surface area contributed by atoms with Gasteiger partial charge in [0.1, 0.15) is 11.5 Å². The van der Waals surface area contributed by atoms with E-state index in [9.17, 15) is 19.3 Å². The van der Waals surface area contributed by atoms with Crippen molar-refractivity contribution in [1.82, 2.24) is 0 Å². The summed E-state index contributed by atoms with van der Waals surface area (Å²) in [4.78, 5) is 24.0. The number of methoxy groups -OCH3 is 1. The first-order chi connectivity index (χ1) is 9.99. The van der Waals surface area contributed by atoms with Gasteiger partial charge in [0.05, 0.1) is 23.7 Å². The Bertz CT molecular complexity index is 576. The van der Waals surface area contributed by atoms with Gasteiger partial charge in [-0.1, -0.05) is 6.92 Å². The summed E-state index contributed by atoms with van der Waals surface area (Å²) in [7, 11) is 1.15. The van der Waals surface area contributed by atoms with E-state index < -0.39 is 16.7 Å². The lowest BCUT2D eigenvalue weighted by atomic mass is 10.1. The topological polar surface area (TPSA) is 72.7 Å². The largest absolute Gasteiger partial charge is 0.465 e. The number of nitro benzene ring substituents is 1. The predicted octanol–water partition coefficient (Wildman–Crippen LogP) is 2.90. The molecular weight excluding hydrogens is 279 g/mol. The van der Waals surface area contributed by atoms with Crippen molar-refractivity contribution in [2.45, 2.75) is 32.2 Å². The van der Waals surface area contributed by atoms with Crippen molar-refractivity contribution in [3.63, 3.8) is 0 Å². The zero-order valence-corrected chi connectivity index (χ0v) is 12.0. The van der Waals surface area contributed by atoms with Crippen LogP contribution in [0.15, 0.2) is 12.1 Å². The molecule has 114 valence electrons. The van der Waals surface area contributed by atoms with Crippen molar-refractivity contribution in [2.75, 3.05) is 18.6 Å². The average Bonchev–Trinajstić information content (AvgIpc) is 2.94. The van der Waals surface area contributed by atoms with Crippen LogP contribution in [0.1, 0.15) is 36.5 Å². The molecule has 1 aliphatic rings. The molecule has 0 N–H and O–H groups in total. The zero-order valence-electron chi connectivity index (χ0n) is 12.0. The fourth-order valence-electron chi connectivity index (χ4n) is 2.77. The van der Waals surface area contributed by atoms with Crippen LogP contribution < -0.4 is 4.90 Å². The van der Waals surface area contributed by atoms with Crippen molar-refractivity contribution in [3.8, 4) is 0 Å². The molecule has 1 aromatic rings. The Hall–Kier alpha value is -2.18. The van der Waals surface area contributed by atoms with Crippen LogP contribution in [0.25, 0.3) is 0 Å². The maximum absolute atomic E-state index is 13.9. The van der Waals surface area contributed by atoms with Crippen LogP contribution in [0.4, 0.5) is 15.8 Å². The summed E-state index contributed by atoms with van der Waals surface area (Å²) in [5, 5.41) is 11.2. The van der Waals surface area contributed by atoms with Gasteiger partial charge >= 0.3 is 5.97 Å². The van der Waals surface area contributed by atoms with Gasteiger partial charge in [0.15, 0.2) is 0 Å². The lowest BCUT2D eigenvalue weighted by Gasteiger charge is -2.26. The summed E-state index contributed by atoms with van der Waals surface area (Å²) in [5.41, 5.74) is -0.313. The minimum Gasteiger partial charge on any atom is -0.465 e. The van der Waals surface area contributed by atoms with Crippen molar-refractivity contribution in [1.29, 1.82) is 0 Å². The molecule has 1 aliphatic heterocycles. The molecule has 1 heterocycles. The Morgan fingerprint density at radius 2 is 2.29 bits per heavy atom. The molecule has 7 heteroatoms. The number of ether oxygens (including phenoxy) is 1. The van der Waals surface area contributed by atoms with Crippen molar-refractivity contribution in [3.05, 3.63) is 33.6 Å². The molecular formula is C14H17FN2O4. The number of esters is 1. The van der Waals surface area contributed by atoms with Crippen LogP contribution in [0.5, 0.6) is 0 Å². The summed E-state index contributed by atoms with van der Waals surface area (Å²) in [5.74, 6) is -1.78. The Morgan fingerprint density at radius 3 is 2.86 bits per heavy atom. The van der Waals surface area contributed by atoms with Gasteiger partial charge in [-0.25, -0.2) is 9.18 Å². The van der Waals surface area contributed by atoms with Gasteiger partial charge in [0.2, 0.25) is 0 Å². The quantitative estimate of drug-likeness (QED) is 0.485. The number of carbonyl (C=O) groups is 1. The molecule has 0 saturated carbocycles. The first-order valence-electron chi connectivity index (χ1n) is 6.82. The zero-order chi connectivity index (χ0) is 15.6. The normalized spacial score (nSPS) is 17.9. The van der Waals surface area contributed by atoms with Crippen molar-refractivity contribution >= 4 is 17.3 Å². The fraction of sp³-hybridized carbons (Fsp3) is 0.500. The molecule has 21 heavy (non-hydrogen) atoms. The summed E-state index contributed by atoms with van der Waals surface area (Å²) in [6, 6.07) is 2.19. The van der Waals surface area contributed by atoms with Crippen LogP contribution >= 0.6 is 0 Å². The summed E-state index contributed by atoms with van der Waals surface area (Å²) < 4.78 is 18.4. The van der Waals surface area contributed by atoms with Crippen LogP contribution in [-0.2, 0) is 4.74 Å². The van der Waals surface area contributed by atoms with Gasteiger partial charge < -0.3 is 9.64 Å². The van der Waals surface area contributed by atoms with E-state index in [1.807, 2.05) is 11.8 Å². The molecule has 1 saturated heterocycles. The number of nitrogens with zero attached hydrogens (tertiary/aromatic N) is 2. The van der Waals surface area contributed by atoms with E-state index in [0.29, 0.717) is 6.54 Å². The van der Waals surface area contributed by atoms with Crippen molar-refractivity contribution in [2.24, 2.45) is 0 Å². The van der Waals surface area contributed by atoms with Gasteiger partial charge in [-0.05, 0) is 25.3 Å². The first-order valence-corrected chi connectivity index (χ1v) is 6.82. The SMILES string of the molecule is CCC1CCCN1c1cc(C(=O)OC)c(F)cc1[N+](=O)[O-]. The van der Waals surface area contributed by atoms with Crippen LogP contribution in [-0.4, -0.2) is 30.6 Å². The highest BCUT2D eigenvalue weighted by Gasteiger charge is 2.31. The summed E-state index contributed by atoms with van der Waals surface area (Å²) in [6.07, 6.45) is 2.68. The number of rotatable bonds is 4. The predicted molar refractivity (Wildman–Crippen MR) is 75.1 cm³/mol. The average molecular weight is 296 g/mol. The molecule has 1 aromatic carbocycles. The third kappa shape index (κ3) is 2.81. The summed E-state index contributed by atoms with van der Waals surface area (Å²) in [6.45, 7) is 2.66. The molecule has 2 rings (SSSR count). The first kappa shape index (κ1) is 15.2. The van der Waals surface area contributed by atoms with E-state index in [0.717, 1.165) is 32.4 Å². The third-order valence-electron chi connectivity index (χ3n) is 3.82.